The summed E-state index contributed by atoms with van der Waals surface area (Å²) in [7, 11) is 0. The summed E-state index contributed by atoms with van der Waals surface area (Å²) in [6.07, 6.45) is 1.06. The number of hydrogen-bond acceptors (Lipinski definition) is 1. The lowest BCUT2D eigenvalue weighted by atomic mass is 9.92. The summed E-state index contributed by atoms with van der Waals surface area (Å²) < 4.78 is 0. The lowest BCUT2D eigenvalue weighted by molar-refractivity contribution is 0.596. The van der Waals surface area contributed by atoms with Gasteiger partial charge in [0.1, 0.15) is 0 Å². The van der Waals surface area contributed by atoms with Gasteiger partial charge in [-0.15, -0.1) is 0 Å². The van der Waals surface area contributed by atoms with E-state index in [4.69, 9.17) is 23.2 Å². The molecule has 0 radical (unpaired) electrons. The highest BCUT2D eigenvalue weighted by atomic mass is 35.5. The summed E-state index contributed by atoms with van der Waals surface area (Å²) >= 11 is 12.8. The minimum absolute atomic E-state index is 0.0195. The predicted molar refractivity (Wildman–Crippen MR) is 92.5 cm³/mol. The minimum Gasteiger partial charge on any atom is -0.306 e. The molecule has 3 heteroatoms. The van der Waals surface area contributed by atoms with Crippen molar-refractivity contribution in [3.05, 3.63) is 68.7 Å². The van der Waals surface area contributed by atoms with Crippen LogP contribution in [0, 0.1) is 13.8 Å². The lowest BCUT2D eigenvalue weighted by Crippen LogP contribution is -2.24. The largest absolute Gasteiger partial charge is 0.306 e. The second-order valence-corrected chi connectivity index (χ2v) is 6.13. The van der Waals surface area contributed by atoms with Crippen LogP contribution in [0.2, 0.25) is 10.0 Å². The van der Waals surface area contributed by atoms with Crippen LogP contribution >= 0.6 is 23.2 Å². The molecule has 0 heterocycles. The average Bonchev–Trinajstić information content (AvgIpc) is 2.45. The normalized spacial score (nSPS) is 12.4. The number of nitrogens with one attached hydrogen (secondary N) is 1. The van der Waals surface area contributed by atoms with Gasteiger partial charge in [0.2, 0.25) is 0 Å². The molecule has 2 aromatic rings. The van der Waals surface area contributed by atoms with Crippen molar-refractivity contribution < 1.29 is 0 Å². The molecular weight excluding hydrogens is 301 g/mol. The van der Waals surface area contributed by atoms with E-state index in [2.05, 4.69) is 44.3 Å². The molecule has 1 unspecified atom stereocenters. The van der Waals surface area contributed by atoms with Gasteiger partial charge in [-0.3, -0.25) is 0 Å². The maximum Gasteiger partial charge on any atom is 0.0609 e. The Balaban J connectivity index is 2.55. The lowest BCUT2D eigenvalue weighted by Gasteiger charge is -2.24. The van der Waals surface area contributed by atoms with Crippen LogP contribution in [0.3, 0.4) is 0 Å². The third kappa shape index (κ3) is 3.60. The summed E-state index contributed by atoms with van der Waals surface area (Å²) in [5.74, 6) is 0. The quantitative estimate of drug-likeness (QED) is 0.744. The maximum atomic E-state index is 6.42. The van der Waals surface area contributed by atoms with Gasteiger partial charge < -0.3 is 5.32 Å². The van der Waals surface area contributed by atoms with Gasteiger partial charge in [-0.2, -0.15) is 0 Å². The van der Waals surface area contributed by atoms with Crippen LogP contribution in [0.25, 0.3) is 0 Å². The zero-order valence-electron chi connectivity index (χ0n) is 12.7. The highest BCUT2D eigenvalue weighted by Gasteiger charge is 2.21. The Morgan fingerprint density at radius 2 is 1.62 bits per heavy atom. The summed E-state index contributed by atoms with van der Waals surface area (Å²) in [6, 6.07) is 12.1. The third-order valence-corrected chi connectivity index (χ3v) is 4.50. The molecule has 1 N–H and O–H groups in total. The molecule has 0 aliphatic rings. The third-order valence-electron chi connectivity index (χ3n) is 3.84. The average molecular weight is 322 g/mol. The first-order chi connectivity index (χ1) is 10.1. The van der Waals surface area contributed by atoms with Gasteiger partial charge in [0, 0.05) is 15.6 Å². The van der Waals surface area contributed by atoms with Crippen molar-refractivity contribution in [1.82, 2.24) is 5.32 Å². The zero-order chi connectivity index (χ0) is 15.4. The number of hydrogen-bond donors (Lipinski definition) is 1. The molecule has 0 fully saturated rings. The van der Waals surface area contributed by atoms with Crippen LogP contribution in [0.15, 0.2) is 36.4 Å². The second kappa shape index (κ2) is 7.31. The van der Waals surface area contributed by atoms with Crippen molar-refractivity contribution in [2.24, 2.45) is 0 Å². The Morgan fingerprint density at radius 3 is 2.24 bits per heavy atom. The summed E-state index contributed by atoms with van der Waals surface area (Å²) in [6.45, 7) is 7.35. The molecule has 0 spiro atoms. The number of halogens is 2. The Bertz CT molecular complexity index is 602. The van der Waals surface area contributed by atoms with Crippen molar-refractivity contribution in [2.75, 3.05) is 6.54 Å². The van der Waals surface area contributed by atoms with E-state index in [0.29, 0.717) is 10.0 Å². The van der Waals surface area contributed by atoms with Crippen LogP contribution in [-0.2, 0) is 0 Å². The van der Waals surface area contributed by atoms with Crippen molar-refractivity contribution in [3.8, 4) is 0 Å². The minimum atomic E-state index is 0.0195. The molecule has 2 rings (SSSR count). The van der Waals surface area contributed by atoms with Crippen LogP contribution in [0.4, 0.5) is 0 Å². The molecule has 0 aliphatic carbocycles. The van der Waals surface area contributed by atoms with Crippen LogP contribution in [0.1, 0.15) is 41.6 Å². The number of benzene rings is 2. The Morgan fingerprint density at radius 1 is 1.00 bits per heavy atom. The van der Waals surface area contributed by atoms with E-state index >= 15 is 0 Å². The number of rotatable bonds is 5. The van der Waals surface area contributed by atoms with Crippen molar-refractivity contribution in [3.63, 3.8) is 0 Å². The smallest absolute Gasteiger partial charge is 0.0609 e. The van der Waals surface area contributed by atoms with Gasteiger partial charge in [-0.05, 0) is 55.6 Å². The fraction of sp³-hybridized carbons (Fsp3) is 0.333. The summed E-state index contributed by atoms with van der Waals surface area (Å²) in [4.78, 5) is 0. The van der Waals surface area contributed by atoms with Gasteiger partial charge in [-0.25, -0.2) is 0 Å². The Kier molecular flexibility index (Phi) is 5.69. The van der Waals surface area contributed by atoms with E-state index in [0.717, 1.165) is 18.5 Å². The van der Waals surface area contributed by atoms with Crippen LogP contribution < -0.4 is 5.32 Å². The van der Waals surface area contributed by atoms with Crippen molar-refractivity contribution in [1.29, 1.82) is 0 Å². The topological polar surface area (TPSA) is 12.0 Å². The van der Waals surface area contributed by atoms with Gasteiger partial charge >= 0.3 is 0 Å². The second-order valence-electron chi connectivity index (χ2n) is 5.31. The molecule has 21 heavy (non-hydrogen) atoms. The first-order valence-electron chi connectivity index (χ1n) is 7.29. The van der Waals surface area contributed by atoms with Crippen LogP contribution in [-0.4, -0.2) is 6.54 Å². The monoisotopic (exact) mass is 321 g/mol. The molecule has 2 aromatic carbocycles. The molecule has 0 saturated carbocycles. The first-order valence-corrected chi connectivity index (χ1v) is 8.05. The Hall–Kier alpha value is -1.02. The molecule has 0 bridgehead atoms. The predicted octanol–water partition coefficient (Wildman–Crippen LogP) is 5.70. The fourth-order valence-electron chi connectivity index (χ4n) is 2.53. The van der Waals surface area contributed by atoms with Crippen LogP contribution in [0.5, 0.6) is 0 Å². The van der Waals surface area contributed by atoms with Gasteiger partial charge in [0.25, 0.3) is 0 Å². The molecular formula is C18H21Cl2N. The molecule has 0 aliphatic heterocycles. The van der Waals surface area contributed by atoms with Crippen molar-refractivity contribution >= 4 is 23.2 Å². The highest BCUT2D eigenvalue weighted by Crippen LogP contribution is 2.35. The standard InChI is InChI=1S/C18H21Cl2N/c1-4-11-21-18(14-8-5-7-12(2)13(14)3)17-15(19)9-6-10-16(17)20/h5-10,18,21H,4,11H2,1-3H3. The highest BCUT2D eigenvalue weighted by molar-refractivity contribution is 6.36. The molecule has 112 valence electrons. The van der Waals surface area contributed by atoms with E-state index in [9.17, 15) is 0 Å². The first kappa shape index (κ1) is 16.4. The molecule has 0 aromatic heterocycles. The van der Waals surface area contributed by atoms with E-state index in [1.54, 1.807) is 0 Å². The van der Waals surface area contributed by atoms with E-state index in [1.807, 2.05) is 18.2 Å². The number of aryl methyl sites for hydroxylation is 1. The van der Waals surface area contributed by atoms with E-state index < -0.39 is 0 Å². The van der Waals surface area contributed by atoms with E-state index in [-0.39, 0.29) is 6.04 Å². The molecule has 1 atom stereocenters. The maximum absolute atomic E-state index is 6.42. The van der Waals surface area contributed by atoms with Gasteiger partial charge in [0.05, 0.1) is 6.04 Å². The summed E-state index contributed by atoms with van der Waals surface area (Å²) in [5.41, 5.74) is 4.75. The summed E-state index contributed by atoms with van der Waals surface area (Å²) in [5, 5.41) is 4.99. The van der Waals surface area contributed by atoms with Gasteiger partial charge in [-0.1, -0.05) is 54.4 Å². The SMILES string of the molecule is CCCNC(c1cccc(C)c1C)c1c(Cl)cccc1Cl. The van der Waals surface area contributed by atoms with Gasteiger partial charge in [0.15, 0.2) is 0 Å². The molecule has 0 amide bonds. The fourth-order valence-corrected chi connectivity index (χ4v) is 3.14. The van der Waals surface area contributed by atoms with E-state index in [1.165, 1.54) is 16.7 Å². The van der Waals surface area contributed by atoms with Crippen molar-refractivity contribution in [2.45, 2.75) is 33.2 Å². The molecule has 1 nitrogen and oxygen atoms in total. The Labute approximate surface area is 137 Å². The zero-order valence-corrected chi connectivity index (χ0v) is 14.2. The molecule has 0 saturated heterocycles.